The molecule has 11 aliphatic rings. The van der Waals surface area contributed by atoms with Crippen molar-refractivity contribution in [2.24, 2.45) is 112 Å². The molecule has 11 heteroatoms. The summed E-state index contributed by atoms with van der Waals surface area (Å²) >= 11 is 0. The Morgan fingerprint density at radius 3 is 1.45 bits per heavy atom. The standard InChI is InChI=1S/C32H45NO5.C32H45NO4.2CH4/c1-26(2)12-14-31(25(36)37-9)15-13-29(6)22(18(31)17-26)19(34)16-21-28(29,5)11-10-20-27(3,4)23(35)32(33-8)24(38-32)30(20,21)7;1-27(2)12-14-32(26(36)37-9)15-13-31(7)24(19(32)17-27)21(34)16-23-29(5)18-20(33-8)25(35)28(3,4)22(29)10-11-30(23,31)6;;/h18,20-22,24H,10-17H2,1-7,9H3;18-19,22-24H,10-17H2,1-7,9H3;2*1H4/t18-,20-,21-,22-,24+,28+,29+,30-,31-,32-;19-,22-,23+,24-,29-,30+,31+,32-;;/m00../s1/i;;2*1T. The van der Waals surface area contributed by atoms with E-state index in [1.165, 1.54) is 29.0 Å². The lowest BCUT2D eigenvalue weighted by atomic mass is 9.31. The van der Waals surface area contributed by atoms with Crippen molar-refractivity contribution in [3.05, 3.63) is 34.6 Å². The van der Waals surface area contributed by atoms with E-state index in [1.54, 1.807) is 0 Å². The third-order valence-electron chi connectivity index (χ3n) is 26.9. The molecule has 9 saturated carbocycles. The molecule has 0 spiro atoms. The fourth-order valence-electron chi connectivity index (χ4n) is 22.5. The first kappa shape index (κ1) is 56.6. The average Bonchev–Trinajstić information content (AvgIpc) is 3.21. The maximum atomic E-state index is 14.5. The van der Waals surface area contributed by atoms with E-state index in [9.17, 15) is 28.8 Å². The Morgan fingerprint density at radius 1 is 0.584 bits per heavy atom. The SMILES string of the molecule is [3H]C.[3H]C.[C-]#[N+]C1=C[C@]2(C)[C@H]3CC(=O)[C@@H]4[C@@H]5CC(C)(C)CC[C@]5(C(=O)OC)CC[C@@]4(C)[C@]3(C)CC[C@H]2C(C)(C)C1=O.[C-]#[N+][C@@]12O[C@@H]1[C@]1(C)[C@H]3CC(=O)[C@@H]4[C@@H]5CC(C)(C)CC[C@]5(C(=O)OC)CC[C@@]4(C)[C@]3(C)CC[C@H]1C(C)(C)C2=O. The average molecular weight is 1070 g/mol. The molecule has 0 radical (unpaired) electrons. The van der Waals surface area contributed by atoms with Crippen molar-refractivity contribution in [3.8, 4) is 0 Å². The molecule has 1 saturated heterocycles. The van der Waals surface area contributed by atoms with Gasteiger partial charge >= 0.3 is 17.7 Å². The number of carbonyl (C=O) groups excluding carboxylic acids is 6. The van der Waals surface area contributed by atoms with Gasteiger partial charge in [0.25, 0.3) is 5.78 Å². The van der Waals surface area contributed by atoms with Gasteiger partial charge in [0, 0.05) is 43.7 Å². The molecule has 426 valence electrons. The second-order valence-corrected chi connectivity index (χ2v) is 31.3. The number of carbonyl (C=O) groups is 6. The number of hydrogen-bond donors (Lipinski definition) is 0. The van der Waals surface area contributed by atoms with Crippen molar-refractivity contribution >= 4 is 35.1 Å². The smallest absolute Gasteiger partial charge is 0.424 e. The number of hydrogen-bond acceptors (Lipinski definition) is 9. The quantitative estimate of drug-likeness (QED) is 0.150. The summed E-state index contributed by atoms with van der Waals surface area (Å²) in [6.45, 7) is 46.7. The molecule has 11 nitrogen and oxygen atoms in total. The lowest BCUT2D eigenvalue weighted by Crippen LogP contribution is -2.71. The third-order valence-corrected chi connectivity index (χ3v) is 26.9. The Morgan fingerprint density at radius 2 is 1.01 bits per heavy atom. The summed E-state index contributed by atoms with van der Waals surface area (Å²) in [4.78, 5) is 90.0. The minimum atomic E-state index is -1.38. The minimum absolute atomic E-state index is 0.00280. The molecule has 0 N–H and O–H groups in total. The van der Waals surface area contributed by atoms with E-state index in [0.29, 0.717) is 12.8 Å². The number of allylic oxidation sites excluding steroid dienone is 2. The molecule has 0 unspecified atom stereocenters. The van der Waals surface area contributed by atoms with Gasteiger partial charge in [0.2, 0.25) is 5.70 Å². The van der Waals surface area contributed by atoms with Crippen molar-refractivity contribution < 1.29 is 45.7 Å². The van der Waals surface area contributed by atoms with Crippen LogP contribution >= 0.6 is 0 Å². The normalized spacial score (nSPS) is 49.7. The molecule has 10 fully saturated rings. The van der Waals surface area contributed by atoms with E-state index < -0.39 is 44.3 Å². The van der Waals surface area contributed by atoms with Gasteiger partial charge in [-0.25, -0.2) is 11.4 Å². The summed E-state index contributed by atoms with van der Waals surface area (Å²) in [5.41, 5.74) is -5.02. The van der Waals surface area contributed by atoms with E-state index in [2.05, 4.69) is 78.9 Å². The van der Waals surface area contributed by atoms with E-state index in [0.717, 1.165) is 89.9 Å². The topological polar surface area (TPSA) is 142 Å². The van der Waals surface area contributed by atoms with Crippen molar-refractivity contribution in [3.63, 3.8) is 0 Å². The van der Waals surface area contributed by atoms with Crippen LogP contribution in [0.25, 0.3) is 9.69 Å². The minimum Gasteiger partial charge on any atom is -0.469 e. The number of epoxide rings is 1. The monoisotopic (exact) mass is 1070 g/mol. The molecule has 77 heavy (non-hydrogen) atoms. The third kappa shape index (κ3) is 7.17. The predicted octanol–water partition coefficient (Wildman–Crippen LogP) is 14.1. The van der Waals surface area contributed by atoms with Crippen LogP contribution in [0.15, 0.2) is 11.8 Å². The Balaban J connectivity index is 0.000000196. The lowest BCUT2D eigenvalue weighted by molar-refractivity contribution is -0.236. The number of ether oxygens (including phenoxy) is 3. The summed E-state index contributed by atoms with van der Waals surface area (Å²) < 4.78 is 28.5. The summed E-state index contributed by atoms with van der Waals surface area (Å²) in [6, 6.07) is 0. The fraction of sp³-hybridized carbons (Fsp3) is 0.848. The zero-order chi connectivity index (χ0) is 59.3. The van der Waals surface area contributed by atoms with Crippen LogP contribution < -0.4 is 0 Å². The van der Waals surface area contributed by atoms with Crippen LogP contribution in [0.3, 0.4) is 0 Å². The molecular weight excluding hydrogens is 965 g/mol. The zero-order valence-electron chi connectivity index (χ0n) is 52.7. The van der Waals surface area contributed by atoms with Gasteiger partial charge in [-0.2, -0.15) is 0 Å². The molecule has 0 aromatic carbocycles. The molecule has 0 amide bonds. The number of esters is 2. The van der Waals surface area contributed by atoms with Gasteiger partial charge in [-0.05, 0) is 163 Å². The van der Waals surface area contributed by atoms with Crippen molar-refractivity contribution in [1.29, 1.82) is 0 Å². The molecule has 11 rings (SSSR count). The zero-order valence-corrected chi connectivity index (χ0v) is 50.7. The summed E-state index contributed by atoms with van der Waals surface area (Å²) in [5, 5.41) is 0. The Bertz CT molecular complexity index is 2700. The van der Waals surface area contributed by atoms with Crippen molar-refractivity contribution in [1.82, 2.24) is 0 Å². The maximum absolute atomic E-state index is 14.5. The number of methoxy groups -OCH3 is 2. The van der Waals surface area contributed by atoms with Gasteiger partial charge in [0.1, 0.15) is 11.6 Å². The Labute approximate surface area is 466 Å². The van der Waals surface area contributed by atoms with Gasteiger partial charge in [-0.15, -0.1) is 0 Å². The maximum Gasteiger partial charge on any atom is 0.424 e. The van der Waals surface area contributed by atoms with Gasteiger partial charge in [0.05, 0.1) is 31.6 Å². The van der Waals surface area contributed by atoms with Crippen LogP contribution in [0.5, 0.6) is 0 Å². The van der Waals surface area contributed by atoms with Crippen LogP contribution in [0, 0.1) is 125 Å². The summed E-state index contributed by atoms with van der Waals surface area (Å²) in [6.07, 6.45) is 14.6. The van der Waals surface area contributed by atoms with Gasteiger partial charge in [0.15, 0.2) is 11.9 Å². The number of nitrogens with zero attached hydrogens (tertiary/aromatic N) is 2. The van der Waals surface area contributed by atoms with Crippen molar-refractivity contribution in [2.45, 2.75) is 226 Å². The highest BCUT2D eigenvalue weighted by Crippen LogP contribution is 2.80. The van der Waals surface area contributed by atoms with Crippen LogP contribution in [0.2, 0.25) is 0 Å². The molecule has 0 aromatic rings. The van der Waals surface area contributed by atoms with Crippen LogP contribution in [0.1, 0.15) is 217 Å². The molecule has 10 aliphatic carbocycles. The highest BCUT2D eigenvalue weighted by molar-refractivity contribution is 6.02. The largest absolute Gasteiger partial charge is 0.469 e. The van der Waals surface area contributed by atoms with Gasteiger partial charge in [-0.1, -0.05) is 118 Å². The first-order valence-corrected chi connectivity index (χ1v) is 29.0. The van der Waals surface area contributed by atoms with Gasteiger partial charge < -0.3 is 14.3 Å². The van der Waals surface area contributed by atoms with E-state index >= 15 is 0 Å². The predicted molar refractivity (Wildman–Crippen MR) is 297 cm³/mol. The molecule has 0 aromatic heterocycles. The molecule has 1 aliphatic heterocycles. The second kappa shape index (κ2) is 17.7. The molecule has 18 atom stereocenters. The van der Waals surface area contributed by atoms with Crippen LogP contribution in [-0.4, -0.2) is 61.1 Å². The molecule has 0 bridgehead atoms. The second-order valence-electron chi connectivity index (χ2n) is 31.3. The lowest BCUT2D eigenvalue weighted by Gasteiger charge is -2.71. The summed E-state index contributed by atoms with van der Waals surface area (Å²) in [5.74, 6) is 0.100. The van der Waals surface area contributed by atoms with Crippen molar-refractivity contribution in [2.75, 3.05) is 14.2 Å². The molecule has 1 heterocycles. The number of Topliss-reactive ketones (excluding diaryl/α,β-unsaturated/α-hetero) is 4. The Hall–Kier alpha value is -3.70. The highest BCUT2D eigenvalue weighted by Gasteiger charge is 2.88. The molecular formula is C66H98N2O9. The number of rotatable bonds is 2. The first-order valence-electron chi connectivity index (χ1n) is 31.0. The van der Waals surface area contributed by atoms with Gasteiger partial charge in [-0.3, -0.25) is 33.6 Å². The number of ketones is 4. The Kier molecular flexibility index (Phi) is 13.0. The first-order chi connectivity index (χ1) is 36.6. The van der Waals surface area contributed by atoms with Crippen LogP contribution in [0.4, 0.5) is 0 Å². The highest BCUT2D eigenvalue weighted by atomic mass is 16.6. The van der Waals surface area contributed by atoms with E-state index in [4.69, 9.17) is 30.1 Å². The van der Waals surface area contributed by atoms with Crippen LogP contribution in [-0.2, 0) is 43.0 Å². The fourth-order valence-corrected chi connectivity index (χ4v) is 22.5. The van der Waals surface area contributed by atoms with E-state index in [1.807, 2.05) is 33.8 Å². The summed E-state index contributed by atoms with van der Waals surface area (Å²) in [7, 11) is 5.49. The van der Waals surface area contributed by atoms with E-state index in [-0.39, 0.29) is 121 Å². The number of fused-ring (bicyclic) bond motifs is 16.